The lowest BCUT2D eigenvalue weighted by Gasteiger charge is -2.25. The minimum Gasteiger partial charge on any atom is -0.456 e. The monoisotopic (exact) mass is 803 g/mol. The molecular weight excluding hydrogens is 767 g/mol. The number of fused-ring (bicyclic) bond motifs is 13. The van der Waals surface area contributed by atoms with Crippen LogP contribution in [0, 0.1) is 0 Å². The Balaban J connectivity index is 0.973. The number of benzene rings is 11. The first-order chi connectivity index (χ1) is 31.2. The molecule has 0 spiro atoms. The third-order valence-corrected chi connectivity index (χ3v) is 12.8. The molecule has 0 fully saturated rings. The van der Waals surface area contributed by atoms with E-state index in [1.165, 1.54) is 32.3 Å². The van der Waals surface area contributed by atoms with Crippen LogP contribution in [-0.2, 0) is 0 Å². The average molecular weight is 804 g/mol. The molecule has 2 aromatic heterocycles. The molecule has 11 aromatic carbocycles. The Morgan fingerprint density at radius 3 is 1.33 bits per heavy atom. The molecular formula is C60H37NO2. The van der Waals surface area contributed by atoms with Gasteiger partial charge in [0.2, 0.25) is 0 Å². The predicted molar refractivity (Wildman–Crippen MR) is 265 cm³/mol. The van der Waals surface area contributed by atoms with E-state index in [0.29, 0.717) is 0 Å². The van der Waals surface area contributed by atoms with Gasteiger partial charge in [-0.1, -0.05) is 152 Å². The van der Waals surface area contributed by atoms with Crippen LogP contribution in [0.1, 0.15) is 0 Å². The molecule has 0 amide bonds. The highest BCUT2D eigenvalue weighted by Crippen LogP contribution is 2.46. The zero-order valence-corrected chi connectivity index (χ0v) is 34.1. The molecule has 294 valence electrons. The van der Waals surface area contributed by atoms with Crippen molar-refractivity contribution in [3.63, 3.8) is 0 Å². The van der Waals surface area contributed by atoms with Crippen molar-refractivity contribution in [3.05, 3.63) is 224 Å². The van der Waals surface area contributed by atoms with Gasteiger partial charge in [0.25, 0.3) is 0 Å². The molecule has 0 unspecified atom stereocenters. The van der Waals surface area contributed by atoms with Gasteiger partial charge in [0.1, 0.15) is 22.3 Å². The molecule has 0 saturated heterocycles. The van der Waals surface area contributed by atoms with Crippen LogP contribution < -0.4 is 4.90 Å². The summed E-state index contributed by atoms with van der Waals surface area (Å²) < 4.78 is 13.3. The van der Waals surface area contributed by atoms with Crippen LogP contribution in [0.5, 0.6) is 0 Å². The van der Waals surface area contributed by atoms with Crippen molar-refractivity contribution >= 4 is 93.3 Å². The first kappa shape index (κ1) is 35.4. The maximum Gasteiger partial charge on any atom is 0.143 e. The predicted octanol–water partition coefficient (Wildman–Crippen LogP) is 17.4. The second-order valence-corrected chi connectivity index (χ2v) is 16.4. The van der Waals surface area contributed by atoms with E-state index in [9.17, 15) is 0 Å². The first-order valence-electron chi connectivity index (χ1n) is 21.5. The Labute approximate surface area is 363 Å². The third-order valence-electron chi connectivity index (χ3n) is 12.8. The summed E-state index contributed by atoms with van der Waals surface area (Å²) in [5, 5.41) is 11.9. The normalized spacial score (nSPS) is 11.8. The van der Waals surface area contributed by atoms with Gasteiger partial charge < -0.3 is 13.7 Å². The molecule has 3 nitrogen and oxygen atoms in total. The van der Waals surface area contributed by atoms with Crippen LogP contribution in [-0.4, -0.2) is 0 Å². The summed E-state index contributed by atoms with van der Waals surface area (Å²) in [6, 6.07) is 80.4. The molecule has 0 atom stereocenters. The third kappa shape index (κ3) is 5.67. The van der Waals surface area contributed by atoms with Crippen molar-refractivity contribution in [1.29, 1.82) is 0 Å². The number of nitrogens with zero attached hydrogens (tertiary/aromatic N) is 1. The van der Waals surface area contributed by atoms with E-state index in [1.54, 1.807) is 0 Å². The van der Waals surface area contributed by atoms with Gasteiger partial charge in [-0.3, -0.25) is 0 Å². The Kier molecular flexibility index (Phi) is 7.91. The lowest BCUT2D eigenvalue weighted by Crippen LogP contribution is -2.09. The fraction of sp³-hybridized carbons (Fsp3) is 0. The van der Waals surface area contributed by atoms with Crippen molar-refractivity contribution in [1.82, 2.24) is 0 Å². The van der Waals surface area contributed by atoms with Crippen molar-refractivity contribution in [2.24, 2.45) is 0 Å². The lowest BCUT2D eigenvalue weighted by atomic mass is 9.90. The second kappa shape index (κ2) is 14.1. The summed E-state index contributed by atoms with van der Waals surface area (Å²) >= 11 is 0. The maximum absolute atomic E-state index is 6.91. The Hall–Kier alpha value is -8.40. The number of hydrogen-bond donors (Lipinski definition) is 0. The molecule has 0 aliphatic heterocycles. The summed E-state index contributed by atoms with van der Waals surface area (Å²) in [7, 11) is 0. The van der Waals surface area contributed by atoms with Crippen LogP contribution in [0.25, 0.3) is 110 Å². The second-order valence-electron chi connectivity index (χ2n) is 16.4. The molecule has 0 saturated carbocycles. The molecule has 3 heteroatoms. The van der Waals surface area contributed by atoms with Crippen molar-refractivity contribution < 1.29 is 8.83 Å². The SMILES string of the molecule is c1ccc(N(c2ccccc2)c2ccc(-c3ccc(-c4cc(-c5ccc6c7ccccc7c7ccccc7c6c5)cc5c4oc4ccc6oc7ccccc7c6c45)cc3)cc2)cc1. The van der Waals surface area contributed by atoms with Gasteiger partial charge in [-0.15, -0.1) is 0 Å². The van der Waals surface area contributed by atoms with Gasteiger partial charge in [0.05, 0.1) is 0 Å². The number of furan rings is 2. The minimum absolute atomic E-state index is 0.843. The van der Waals surface area contributed by atoms with Crippen LogP contribution >= 0.6 is 0 Å². The molecule has 0 radical (unpaired) electrons. The topological polar surface area (TPSA) is 29.5 Å². The van der Waals surface area contributed by atoms with E-state index in [4.69, 9.17) is 8.83 Å². The molecule has 13 rings (SSSR count). The molecule has 2 heterocycles. The Morgan fingerprint density at radius 1 is 0.254 bits per heavy atom. The van der Waals surface area contributed by atoms with Crippen molar-refractivity contribution in [3.8, 4) is 33.4 Å². The molecule has 0 N–H and O–H groups in total. The zero-order valence-electron chi connectivity index (χ0n) is 34.1. The fourth-order valence-corrected chi connectivity index (χ4v) is 9.90. The summed E-state index contributed by atoms with van der Waals surface area (Å²) in [5.74, 6) is 0. The Morgan fingerprint density at radius 2 is 0.698 bits per heavy atom. The van der Waals surface area contributed by atoms with E-state index in [1.807, 2.05) is 18.2 Å². The molecule has 63 heavy (non-hydrogen) atoms. The largest absolute Gasteiger partial charge is 0.456 e. The molecule has 0 bridgehead atoms. The summed E-state index contributed by atoms with van der Waals surface area (Å²) in [6.45, 7) is 0. The van der Waals surface area contributed by atoms with Gasteiger partial charge >= 0.3 is 0 Å². The number of hydrogen-bond acceptors (Lipinski definition) is 3. The van der Waals surface area contributed by atoms with E-state index in [-0.39, 0.29) is 0 Å². The van der Waals surface area contributed by atoms with Gasteiger partial charge in [-0.2, -0.15) is 0 Å². The first-order valence-corrected chi connectivity index (χ1v) is 21.5. The van der Waals surface area contributed by atoms with E-state index >= 15 is 0 Å². The van der Waals surface area contributed by atoms with Gasteiger partial charge in [-0.25, -0.2) is 0 Å². The lowest BCUT2D eigenvalue weighted by molar-refractivity contribution is 0.663. The summed E-state index contributed by atoms with van der Waals surface area (Å²) in [5.41, 5.74) is 13.5. The van der Waals surface area contributed by atoms with Crippen molar-refractivity contribution in [2.75, 3.05) is 4.90 Å². The molecule has 0 aliphatic rings. The average Bonchev–Trinajstić information content (AvgIpc) is 3.93. The minimum atomic E-state index is 0.843. The fourth-order valence-electron chi connectivity index (χ4n) is 9.90. The Bertz CT molecular complexity index is 3810. The summed E-state index contributed by atoms with van der Waals surface area (Å²) in [6.07, 6.45) is 0. The quantitative estimate of drug-likeness (QED) is 0.157. The molecule has 13 aromatic rings. The van der Waals surface area contributed by atoms with Gasteiger partial charge in [0, 0.05) is 44.2 Å². The standard InChI is InChI=1S/C60H37NO2/c1-3-13-43(14-4-1)61(44-15-5-2-6-16-44)45-30-27-39(28-31-45)38-23-25-40(26-24-38)52-36-42(37-54-59-57(63-60(52)54)34-33-56-58(59)51-21-11-12-22-55(51)62-56)41-29-32-50-48-19-8-7-17-46(48)47-18-9-10-20-49(47)53(50)35-41/h1-37H. The van der Waals surface area contributed by atoms with Crippen LogP contribution in [0.15, 0.2) is 233 Å². The van der Waals surface area contributed by atoms with Crippen LogP contribution in [0.3, 0.4) is 0 Å². The molecule has 0 aliphatic carbocycles. The van der Waals surface area contributed by atoms with E-state index in [0.717, 1.165) is 94.3 Å². The van der Waals surface area contributed by atoms with E-state index in [2.05, 4.69) is 211 Å². The highest BCUT2D eigenvalue weighted by atomic mass is 16.3. The smallest absolute Gasteiger partial charge is 0.143 e. The van der Waals surface area contributed by atoms with Crippen LogP contribution in [0.2, 0.25) is 0 Å². The van der Waals surface area contributed by atoms with Crippen LogP contribution in [0.4, 0.5) is 17.1 Å². The number of para-hydroxylation sites is 3. The van der Waals surface area contributed by atoms with Crippen molar-refractivity contribution in [2.45, 2.75) is 0 Å². The highest BCUT2D eigenvalue weighted by Gasteiger charge is 2.21. The highest BCUT2D eigenvalue weighted by molar-refractivity contribution is 6.28. The van der Waals surface area contributed by atoms with E-state index < -0.39 is 0 Å². The number of rotatable bonds is 6. The maximum atomic E-state index is 6.91. The summed E-state index contributed by atoms with van der Waals surface area (Å²) in [4.78, 5) is 2.29. The number of anilines is 3. The zero-order chi connectivity index (χ0) is 41.4. The van der Waals surface area contributed by atoms with Gasteiger partial charge in [-0.05, 0) is 133 Å². The van der Waals surface area contributed by atoms with Gasteiger partial charge in [0.15, 0.2) is 0 Å².